The fraction of sp³-hybridized carbons (Fsp3) is 0.579. The Kier molecular flexibility index (Phi) is 7.00. The minimum absolute atomic E-state index is 0.00332. The predicted molar refractivity (Wildman–Crippen MR) is 102 cm³/mol. The van der Waals surface area contributed by atoms with Crippen molar-refractivity contribution < 1.29 is 22.7 Å². The first-order valence-electron chi connectivity index (χ1n) is 9.12. The molecule has 0 unspecified atom stereocenters. The Hall–Kier alpha value is -1.93. The lowest BCUT2D eigenvalue weighted by Crippen LogP contribution is -2.45. The number of sulfonamides is 1. The van der Waals surface area contributed by atoms with Gasteiger partial charge < -0.3 is 10.1 Å². The Balaban J connectivity index is 1.95. The third-order valence-corrected chi connectivity index (χ3v) is 7.05. The summed E-state index contributed by atoms with van der Waals surface area (Å²) in [7, 11) is -0.820. The monoisotopic (exact) mass is 396 g/mol. The number of benzene rings is 1. The molecule has 1 aliphatic rings. The maximum Gasteiger partial charge on any atom is 0.338 e. The molecule has 7 nitrogen and oxygen atoms in total. The molecule has 3 atom stereocenters. The first-order chi connectivity index (χ1) is 12.6. The molecule has 1 N–H and O–H groups in total. The maximum absolute atomic E-state index is 12.2. The molecule has 0 saturated heterocycles. The second-order valence-electron chi connectivity index (χ2n) is 7.33. The summed E-state index contributed by atoms with van der Waals surface area (Å²) >= 11 is 0. The quantitative estimate of drug-likeness (QED) is 0.743. The third-order valence-electron chi connectivity index (χ3n) is 5.24. The van der Waals surface area contributed by atoms with Crippen molar-refractivity contribution in [2.45, 2.75) is 44.0 Å². The molecular weight excluding hydrogens is 368 g/mol. The molecule has 8 heteroatoms. The van der Waals surface area contributed by atoms with E-state index in [1.165, 1.54) is 38.4 Å². The van der Waals surface area contributed by atoms with Gasteiger partial charge in [0.05, 0.1) is 10.5 Å². The van der Waals surface area contributed by atoms with Gasteiger partial charge in [-0.05, 0) is 36.5 Å². The molecule has 2 rings (SSSR count). The summed E-state index contributed by atoms with van der Waals surface area (Å²) in [6.07, 6.45) is 3.16. The second-order valence-corrected chi connectivity index (χ2v) is 9.48. The van der Waals surface area contributed by atoms with Crippen molar-refractivity contribution in [2.75, 3.05) is 20.7 Å². The number of nitrogens with zero attached hydrogens (tertiary/aromatic N) is 1. The summed E-state index contributed by atoms with van der Waals surface area (Å²) in [5.41, 5.74) is 0.0883. The van der Waals surface area contributed by atoms with Crippen LogP contribution in [0.4, 0.5) is 0 Å². The van der Waals surface area contributed by atoms with Crippen molar-refractivity contribution in [1.29, 1.82) is 0 Å². The van der Waals surface area contributed by atoms with Crippen LogP contribution in [0.2, 0.25) is 0 Å². The van der Waals surface area contributed by atoms with Gasteiger partial charge in [-0.25, -0.2) is 17.5 Å². The number of hydrogen-bond acceptors (Lipinski definition) is 5. The van der Waals surface area contributed by atoms with E-state index in [1.54, 1.807) is 0 Å². The van der Waals surface area contributed by atoms with Crippen LogP contribution in [0, 0.1) is 11.8 Å². The Morgan fingerprint density at radius 2 is 1.93 bits per heavy atom. The summed E-state index contributed by atoms with van der Waals surface area (Å²) in [6, 6.07) is 5.68. The van der Waals surface area contributed by atoms with Gasteiger partial charge in [-0.2, -0.15) is 0 Å². The summed E-state index contributed by atoms with van der Waals surface area (Å²) < 4.78 is 30.5. The number of nitrogens with one attached hydrogen (secondary N) is 1. The molecule has 1 aromatic rings. The second kappa shape index (κ2) is 8.84. The minimum Gasteiger partial charge on any atom is -0.452 e. The Morgan fingerprint density at radius 3 is 2.59 bits per heavy atom. The van der Waals surface area contributed by atoms with Gasteiger partial charge >= 0.3 is 5.97 Å². The van der Waals surface area contributed by atoms with Crippen molar-refractivity contribution in [2.24, 2.45) is 11.8 Å². The normalized spacial score (nSPS) is 23.1. The van der Waals surface area contributed by atoms with E-state index in [9.17, 15) is 18.0 Å². The molecule has 1 saturated carbocycles. The zero-order valence-electron chi connectivity index (χ0n) is 16.3. The van der Waals surface area contributed by atoms with Crippen LogP contribution in [0.3, 0.4) is 0 Å². The van der Waals surface area contributed by atoms with E-state index >= 15 is 0 Å². The van der Waals surface area contributed by atoms with Crippen molar-refractivity contribution in [1.82, 2.24) is 9.62 Å². The molecule has 0 bridgehead atoms. The molecule has 27 heavy (non-hydrogen) atoms. The van der Waals surface area contributed by atoms with Crippen LogP contribution in [0.1, 0.15) is 43.5 Å². The summed E-state index contributed by atoms with van der Waals surface area (Å²) in [6.45, 7) is 3.91. The molecule has 0 aliphatic heterocycles. The number of hydrogen-bond donors (Lipinski definition) is 1. The molecule has 150 valence electrons. The highest BCUT2D eigenvalue weighted by atomic mass is 32.2. The zero-order chi connectivity index (χ0) is 20.2. The number of rotatable bonds is 6. The van der Waals surface area contributed by atoms with E-state index in [0.717, 1.165) is 23.6 Å². The molecule has 0 aromatic heterocycles. The highest BCUT2D eigenvalue weighted by Crippen LogP contribution is 2.29. The van der Waals surface area contributed by atoms with Gasteiger partial charge in [-0.3, -0.25) is 4.79 Å². The average Bonchev–Trinajstić information content (AvgIpc) is 2.63. The van der Waals surface area contributed by atoms with Gasteiger partial charge in [0.15, 0.2) is 6.61 Å². The minimum atomic E-state index is -3.65. The molecule has 0 radical (unpaired) electrons. The lowest BCUT2D eigenvalue weighted by atomic mass is 9.78. The van der Waals surface area contributed by atoms with Gasteiger partial charge in [-0.15, -0.1) is 0 Å². The van der Waals surface area contributed by atoms with Crippen LogP contribution in [0.5, 0.6) is 0 Å². The molecule has 0 heterocycles. The van der Waals surface area contributed by atoms with Crippen molar-refractivity contribution in [3.05, 3.63) is 29.8 Å². The molecule has 0 spiro atoms. The van der Waals surface area contributed by atoms with E-state index in [2.05, 4.69) is 19.2 Å². The Labute approximate surface area is 161 Å². The number of ether oxygens (including phenoxy) is 1. The van der Waals surface area contributed by atoms with E-state index in [-0.39, 0.29) is 29.0 Å². The topological polar surface area (TPSA) is 92.8 Å². The zero-order valence-corrected chi connectivity index (χ0v) is 17.1. The predicted octanol–water partition coefficient (Wildman–Crippen LogP) is 2.03. The third kappa shape index (κ3) is 5.29. The van der Waals surface area contributed by atoms with E-state index in [0.29, 0.717) is 11.8 Å². The number of carbonyl (C=O) groups excluding carboxylic acids is 2. The first-order valence-corrected chi connectivity index (χ1v) is 10.6. The fourth-order valence-electron chi connectivity index (χ4n) is 3.24. The van der Waals surface area contributed by atoms with Gasteiger partial charge in [-0.1, -0.05) is 32.8 Å². The van der Waals surface area contributed by atoms with Crippen LogP contribution in [0.25, 0.3) is 0 Å². The fourth-order valence-corrected chi connectivity index (χ4v) is 4.19. The summed E-state index contributed by atoms with van der Waals surface area (Å²) in [5.74, 6) is -0.142. The lowest BCUT2D eigenvalue weighted by molar-refractivity contribution is -0.125. The van der Waals surface area contributed by atoms with Crippen LogP contribution in [0.15, 0.2) is 29.2 Å². The van der Waals surface area contributed by atoms with Crippen molar-refractivity contribution >= 4 is 21.9 Å². The average molecular weight is 397 g/mol. The molecule has 1 amide bonds. The lowest BCUT2D eigenvalue weighted by Gasteiger charge is -2.34. The van der Waals surface area contributed by atoms with Gasteiger partial charge in [0, 0.05) is 20.1 Å². The maximum atomic E-state index is 12.2. The van der Waals surface area contributed by atoms with E-state index in [1.807, 2.05) is 0 Å². The number of carbonyl (C=O) groups is 2. The van der Waals surface area contributed by atoms with E-state index < -0.39 is 16.0 Å². The number of amides is 1. The van der Waals surface area contributed by atoms with Gasteiger partial charge in [0.2, 0.25) is 10.0 Å². The van der Waals surface area contributed by atoms with Crippen molar-refractivity contribution in [3.8, 4) is 0 Å². The summed E-state index contributed by atoms with van der Waals surface area (Å²) in [4.78, 5) is 24.3. The van der Waals surface area contributed by atoms with E-state index in [4.69, 9.17) is 4.74 Å². The van der Waals surface area contributed by atoms with Crippen molar-refractivity contribution in [3.63, 3.8) is 0 Å². The highest BCUT2D eigenvalue weighted by molar-refractivity contribution is 7.89. The number of esters is 1. The highest BCUT2D eigenvalue weighted by Gasteiger charge is 2.28. The van der Waals surface area contributed by atoms with Gasteiger partial charge in [0.1, 0.15) is 0 Å². The standard InChI is InChI=1S/C19H28N2O5S/c1-13-7-5-10-17(14(13)2)20-18(22)12-26-19(23)15-8-6-9-16(11-15)27(24,25)21(3)4/h6,8-9,11,13-14,17H,5,7,10,12H2,1-4H3,(H,20,22)/t13-,14+,17-/m0/s1. The van der Waals surface area contributed by atoms with Crippen LogP contribution < -0.4 is 5.32 Å². The Bertz CT molecular complexity index is 791. The Morgan fingerprint density at radius 1 is 1.22 bits per heavy atom. The first kappa shape index (κ1) is 21.4. The van der Waals surface area contributed by atoms with Crippen LogP contribution in [-0.4, -0.2) is 51.3 Å². The SMILES string of the molecule is C[C@H]1[C@@H](NC(=O)COC(=O)c2cccc(S(=O)(=O)N(C)C)c2)CCC[C@@H]1C. The van der Waals surface area contributed by atoms with Crippen LogP contribution in [-0.2, 0) is 19.6 Å². The van der Waals surface area contributed by atoms with Crippen LogP contribution >= 0.6 is 0 Å². The molecule has 1 fully saturated rings. The largest absolute Gasteiger partial charge is 0.452 e. The molecule has 1 aliphatic carbocycles. The molecular formula is C19H28N2O5S. The van der Waals surface area contributed by atoms with Gasteiger partial charge in [0.25, 0.3) is 5.91 Å². The molecule has 1 aromatic carbocycles. The smallest absolute Gasteiger partial charge is 0.338 e. The summed E-state index contributed by atoms with van der Waals surface area (Å²) in [5, 5.41) is 2.94.